The SMILES string of the molecule is c1ccc(-c2cc(-c3ccc(-n4c5ccc6ccccc6c5c5c6ccccc6ccc54)cc3)nc(-c3ccc4ccccc4c3)n2)cc1.c1ccc(-c2ccc(-c3nc(-c4ccccc4)cc(-c4ccc(-n5c6ccc7ccccc7c6c6c7ccccc7ccc65)cc4)n3)cc2)cc1.c1ccc(-c2nc(-c3cccc(-n4c5ccc6ccccc6c5c5c6ccccc6ccc54)c3)cc(-c3ccc4ccccc4c3)n2)cc1. The van der Waals surface area contributed by atoms with Gasteiger partial charge in [0, 0.05) is 99.5 Å². The molecule has 0 unspecified atom stereocenters. The second-order valence-corrected chi connectivity index (χ2v) is 38.3. The predicted molar refractivity (Wildman–Crippen MR) is 624 cm³/mol. The fraction of sp³-hybridized carbons (Fsp3) is 0. The molecule has 0 spiro atoms. The third kappa shape index (κ3) is 15.7. The van der Waals surface area contributed by atoms with Crippen LogP contribution < -0.4 is 0 Å². The number of fused-ring (bicyclic) bond motifs is 23. The Morgan fingerprint density at radius 3 is 0.664 bits per heavy atom. The van der Waals surface area contributed by atoms with Crippen LogP contribution in [0.3, 0.4) is 0 Å². The summed E-state index contributed by atoms with van der Waals surface area (Å²) in [6.07, 6.45) is 0. The lowest BCUT2D eigenvalue weighted by Gasteiger charge is -2.13. The first-order valence-corrected chi connectivity index (χ1v) is 50.7. The van der Waals surface area contributed by atoms with E-state index in [-0.39, 0.29) is 0 Å². The Bertz CT molecular complexity index is 10200. The summed E-state index contributed by atoms with van der Waals surface area (Å²) in [7, 11) is 0. The third-order valence-corrected chi connectivity index (χ3v) is 29.5. The van der Waals surface area contributed by atoms with Gasteiger partial charge in [-0.15, -0.1) is 0 Å². The minimum Gasteiger partial charge on any atom is -0.309 e. The number of benzene rings is 24. The van der Waals surface area contributed by atoms with Crippen molar-refractivity contribution in [3.63, 3.8) is 0 Å². The molecule has 0 bridgehead atoms. The number of nitrogens with zero attached hydrogens (tertiary/aromatic N) is 9. The Labute approximate surface area is 858 Å². The highest BCUT2D eigenvalue weighted by atomic mass is 15.0. The van der Waals surface area contributed by atoms with Gasteiger partial charge in [0.2, 0.25) is 0 Å². The maximum atomic E-state index is 5.17. The number of aromatic nitrogens is 9. The number of rotatable bonds is 13. The first-order chi connectivity index (χ1) is 73.8. The van der Waals surface area contributed by atoms with Gasteiger partial charge in [-0.1, -0.05) is 437 Å². The second kappa shape index (κ2) is 36.8. The highest BCUT2D eigenvalue weighted by Crippen LogP contribution is 2.47. The average Bonchev–Trinajstić information content (AvgIpc) is 1.57. The van der Waals surface area contributed by atoms with Gasteiger partial charge in [0.25, 0.3) is 0 Å². The van der Waals surface area contributed by atoms with Crippen molar-refractivity contribution in [1.29, 1.82) is 0 Å². The van der Waals surface area contributed by atoms with Crippen LogP contribution in [0.1, 0.15) is 0 Å². The largest absolute Gasteiger partial charge is 0.309 e. The lowest BCUT2D eigenvalue weighted by atomic mass is 10.00. The predicted octanol–water partition coefficient (Wildman–Crippen LogP) is 36.6. The summed E-state index contributed by atoms with van der Waals surface area (Å²) < 4.78 is 7.22. The van der Waals surface area contributed by atoms with Crippen molar-refractivity contribution in [3.8, 4) is 130 Å². The van der Waals surface area contributed by atoms with E-state index in [2.05, 4.69) is 517 Å². The van der Waals surface area contributed by atoms with E-state index in [9.17, 15) is 0 Å². The summed E-state index contributed by atoms with van der Waals surface area (Å²) in [6.45, 7) is 0. The normalized spacial score (nSPS) is 11.6. The fourth-order valence-corrected chi connectivity index (χ4v) is 22.4. The maximum absolute atomic E-state index is 5.17. The smallest absolute Gasteiger partial charge is 0.160 e. The van der Waals surface area contributed by atoms with Crippen molar-refractivity contribution in [3.05, 3.63) is 540 Å². The molecule has 0 radical (unpaired) electrons. The van der Waals surface area contributed by atoms with E-state index < -0.39 is 0 Å². The van der Waals surface area contributed by atoms with Gasteiger partial charge < -0.3 is 13.7 Å². The molecule has 30 aromatic rings. The van der Waals surface area contributed by atoms with Crippen molar-refractivity contribution >= 4 is 152 Å². The first-order valence-electron chi connectivity index (χ1n) is 50.7. The topological polar surface area (TPSA) is 92.1 Å². The molecular weight excluding hydrogens is 1810 g/mol. The summed E-state index contributed by atoms with van der Waals surface area (Å²) in [5, 5.41) is 27.6. The molecule has 6 heterocycles. The van der Waals surface area contributed by atoms with Crippen LogP contribution in [0.25, 0.3) is 281 Å². The fourth-order valence-electron chi connectivity index (χ4n) is 22.4. The first kappa shape index (κ1) is 86.8. The molecule has 6 aromatic heterocycles. The van der Waals surface area contributed by atoms with Crippen LogP contribution in [0.4, 0.5) is 0 Å². The van der Waals surface area contributed by atoms with E-state index in [0.717, 1.165) is 101 Å². The zero-order valence-corrected chi connectivity index (χ0v) is 80.9. The van der Waals surface area contributed by atoms with Crippen LogP contribution in [0.2, 0.25) is 0 Å². The summed E-state index contributed by atoms with van der Waals surface area (Å²) >= 11 is 0. The van der Waals surface area contributed by atoms with Crippen LogP contribution in [0.5, 0.6) is 0 Å². The van der Waals surface area contributed by atoms with Gasteiger partial charge in [0.15, 0.2) is 17.5 Å². The quantitative estimate of drug-likeness (QED) is 0.114. The van der Waals surface area contributed by atoms with E-state index in [1.54, 1.807) is 0 Å². The van der Waals surface area contributed by atoms with Crippen molar-refractivity contribution in [2.75, 3.05) is 0 Å². The molecule has 694 valence electrons. The van der Waals surface area contributed by atoms with Crippen molar-refractivity contribution < 1.29 is 0 Å². The number of hydrogen-bond donors (Lipinski definition) is 0. The van der Waals surface area contributed by atoms with Crippen molar-refractivity contribution in [1.82, 2.24) is 43.6 Å². The molecule has 0 aliphatic heterocycles. The van der Waals surface area contributed by atoms with E-state index in [4.69, 9.17) is 29.9 Å². The molecule has 0 saturated carbocycles. The Hall–Kier alpha value is -20.0. The molecule has 0 atom stereocenters. The maximum Gasteiger partial charge on any atom is 0.160 e. The molecule has 0 aliphatic carbocycles. The summed E-state index contributed by atoms with van der Waals surface area (Å²) in [5.41, 5.74) is 27.5. The zero-order chi connectivity index (χ0) is 98.4. The Kier molecular flexibility index (Phi) is 21.4. The monoisotopic (exact) mass is 1900 g/mol. The van der Waals surface area contributed by atoms with Crippen molar-refractivity contribution in [2.45, 2.75) is 0 Å². The minimum atomic E-state index is 0.705. The summed E-state index contributed by atoms with van der Waals surface area (Å²) in [5.74, 6) is 2.13. The Morgan fingerprint density at radius 2 is 0.322 bits per heavy atom. The van der Waals surface area contributed by atoms with Gasteiger partial charge in [-0.3, -0.25) is 0 Å². The molecule has 9 nitrogen and oxygen atoms in total. The van der Waals surface area contributed by atoms with Gasteiger partial charge in [-0.25, -0.2) is 29.9 Å². The lowest BCUT2D eigenvalue weighted by molar-refractivity contribution is 1.17. The van der Waals surface area contributed by atoms with Crippen LogP contribution in [-0.4, -0.2) is 43.6 Å². The van der Waals surface area contributed by atoms with Gasteiger partial charge in [-0.2, -0.15) is 0 Å². The highest BCUT2D eigenvalue weighted by Gasteiger charge is 2.25. The average molecular weight is 1900 g/mol. The molecule has 9 heteroatoms. The lowest BCUT2D eigenvalue weighted by Crippen LogP contribution is -1.98. The molecular formula is C140H89N9. The van der Waals surface area contributed by atoms with Crippen LogP contribution in [-0.2, 0) is 0 Å². The van der Waals surface area contributed by atoms with Crippen LogP contribution >= 0.6 is 0 Å². The third-order valence-electron chi connectivity index (χ3n) is 29.5. The van der Waals surface area contributed by atoms with E-state index in [1.807, 2.05) is 36.4 Å². The molecule has 30 rings (SSSR count). The molecule has 0 amide bonds. The molecule has 0 aliphatic rings. The van der Waals surface area contributed by atoms with E-state index in [0.29, 0.717) is 17.5 Å². The molecule has 149 heavy (non-hydrogen) atoms. The minimum absolute atomic E-state index is 0.705. The van der Waals surface area contributed by atoms with Crippen molar-refractivity contribution in [2.24, 2.45) is 0 Å². The van der Waals surface area contributed by atoms with Crippen LogP contribution in [0.15, 0.2) is 540 Å². The van der Waals surface area contributed by atoms with E-state index >= 15 is 0 Å². The van der Waals surface area contributed by atoms with E-state index in [1.165, 1.54) is 163 Å². The van der Waals surface area contributed by atoms with Gasteiger partial charge >= 0.3 is 0 Å². The molecule has 0 fully saturated rings. The summed E-state index contributed by atoms with van der Waals surface area (Å²) in [6, 6.07) is 192. The van der Waals surface area contributed by atoms with Gasteiger partial charge in [0.05, 0.1) is 67.3 Å². The Morgan fingerprint density at radius 1 is 0.114 bits per heavy atom. The second-order valence-electron chi connectivity index (χ2n) is 38.3. The summed E-state index contributed by atoms with van der Waals surface area (Å²) in [4.78, 5) is 30.7. The molecule has 24 aromatic carbocycles. The molecule has 0 saturated heterocycles. The highest BCUT2D eigenvalue weighted by molar-refractivity contribution is 6.31. The molecule has 0 N–H and O–H groups in total. The zero-order valence-electron chi connectivity index (χ0n) is 80.9. The Balaban J connectivity index is 0.000000108. The van der Waals surface area contributed by atoms with Gasteiger partial charge in [0.1, 0.15) is 0 Å². The number of hydrogen-bond acceptors (Lipinski definition) is 6. The van der Waals surface area contributed by atoms with Gasteiger partial charge in [-0.05, 0) is 200 Å². The van der Waals surface area contributed by atoms with Crippen LogP contribution in [0, 0.1) is 0 Å². The standard InChI is InChI=1S/C48H31N3.2C46H29N3/c1-3-11-32(12-4-1)33-19-21-38(22-20-33)48-49-42(36-15-5-2-6-16-36)31-43(50-48)37-23-27-39(28-24-37)51-44-29-25-34-13-7-9-17-40(34)46(44)47-41-18-10-8-14-35(41)26-30-45(47)51;1-2-14-33(15-3-1)46-47-40(29-41(48-46)36-22-21-30-11-4-5-16-34(30)27-36)35-17-10-18-37(28-35)49-42-25-23-31-12-6-8-19-38(31)44(42)45-39-20-9-7-13-32(39)24-26-43(45)49;1-2-13-33(14-3-1)40-29-41(48-46(47-40)36-19-18-30-10-4-5-15-35(30)28-36)34-20-24-37(25-21-34)49-42-26-22-31-11-6-8-16-38(31)44(42)45-39-17-9-7-12-32(39)23-27-43(45)49/h1-31H;2*1-29H.